The van der Waals surface area contributed by atoms with E-state index >= 15 is 0 Å². The molecule has 0 atom stereocenters. The molecule has 6 heteroatoms. The van der Waals surface area contributed by atoms with Crippen molar-refractivity contribution in [1.82, 2.24) is 9.80 Å². The fourth-order valence-corrected chi connectivity index (χ4v) is 1.86. The Kier molecular flexibility index (Phi) is 5.54. The van der Waals surface area contributed by atoms with Crippen LogP contribution in [0.2, 0.25) is 0 Å². The first-order valence-electron chi connectivity index (χ1n) is 6.34. The highest BCUT2D eigenvalue weighted by Gasteiger charge is 2.31. The molecule has 0 aromatic heterocycles. The summed E-state index contributed by atoms with van der Waals surface area (Å²) in [5.41, 5.74) is 0.429. The number of carbonyl (C=O) groups excluding carboxylic acids is 3. The lowest BCUT2D eigenvalue weighted by Crippen LogP contribution is -2.54. The van der Waals surface area contributed by atoms with E-state index in [4.69, 9.17) is 0 Å². The third-order valence-electron chi connectivity index (χ3n) is 3.02. The Bertz CT molecular complexity index is 403. The van der Waals surface area contributed by atoms with Gasteiger partial charge in [-0.2, -0.15) is 0 Å². The number of nitrogens with zero attached hydrogens (tertiary/aromatic N) is 2. The topological polar surface area (TPSA) is 66.9 Å². The highest BCUT2D eigenvalue weighted by molar-refractivity contribution is 6.35. The van der Waals surface area contributed by atoms with Gasteiger partial charge in [-0.05, 0) is 13.3 Å². The molecule has 0 aliphatic carbocycles. The second-order valence-corrected chi connectivity index (χ2v) is 4.42. The van der Waals surface area contributed by atoms with Crippen molar-refractivity contribution in [3.05, 3.63) is 11.6 Å². The molecule has 0 bridgehead atoms. The molecule has 6 nitrogen and oxygen atoms in total. The average Bonchev–Trinajstić information content (AvgIpc) is 2.42. The summed E-state index contributed by atoms with van der Waals surface area (Å²) < 4.78 is 4.56. The molecular weight excluding hydrogens is 248 g/mol. The van der Waals surface area contributed by atoms with Crippen molar-refractivity contribution in [3.63, 3.8) is 0 Å². The lowest BCUT2D eigenvalue weighted by Gasteiger charge is -2.33. The Balaban J connectivity index is 2.61. The van der Waals surface area contributed by atoms with Gasteiger partial charge in [-0.3, -0.25) is 9.59 Å². The van der Waals surface area contributed by atoms with Crippen LogP contribution in [-0.4, -0.2) is 60.9 Å². The van der Waals surface area contributed by atoms with Gasteiger partial charge in [0.15, 0.2) is 0 Å². The Morgan fingerprint density at radius 3 is 2.42 bits per heavy atom. The Labute approximate surface area is 113 Å². The van der Waals surface area contributed by atoms with Gasteiger partial charge in [0.1, 0.15) is 0 Å². The molecule has 0 saturated carbocycles. The number of rotatable bonds is 5. The smallest absolute Gasteiger partial charge is 0.333 e. The van der Waals surface area contributed by atoms with Crippen LogP contribution in [0, 0.1) is 0 Å². The Morgan fingerprint density at radius 2 is 1.84 bits per heavy atom. The van der Waals surface area contributed by atoms with Crippen molar-refractivity contribution in [2.24, 2.45) is 0 Å². The molecule has 19 heavy (non-hydrogen) atoms. The Morgan fingerprint density at radius 1 is 1.26 bits per heavy atom. The van der Waals surface area contributed by atoms with E-state index in [0.29, 0.717) is 25.2 Å². The van der Waals surface area contributed by atoms with Gasteiger partial charge < -0.3 is 14.5 Å². The monoisotopic (exact) mass is 268 g/mol. The molecule has 106 valence electrons. The number of ether oxygens (including phenoxy) is 1. The Hall–Kier alpha value is -1.85. The molecule has 1 rings (SSSR count). The number of piperazine rings is 1. The van der Waals surface area contributed by atoms with Crippen LogP contribution >= 0.6 is 0 Å². The summed E-state index contributed by atoms with van der Waals surface area (Å²) in [4.78, 5) is 37.8. The van der Waals surface area contributed by atoms with Crippen LogP contribution in [0.1, 0.15) is 20.3 Å². The van der Waals surface area contributed by atoms with Gasteiger partial charge in [0, 0.05) is 31.8 Å². The zero-order valence-electron chi connectivity index (χ0n) is 11.6. The van der Waals surface area contributed by atoms with Crippen LogP contribution in [0.3, 0.4) is 0 Å². The van der Waals surface area contributed by atoms with Gasteiger partial charge in [-0.1, -0.05) is 13.0 Å². The third kappa shape index (κ3) is 3.81. The summed E-state index contributed by atoms with van der Waals surface area (Å²) in [6.45, 7) is 5.48. The maximum absolute atomic E-state index is 11.9. The number of esters is 1. The number of methoxy groups -OCH3 is 1. The fourth-order valence-electron chi connectivity index (χ4n) is 1.86. The third-order valence-corrected chi connectivity index (χ3v) is 3.02. The maximum Gasteiger partial charge on any atom is 0.333 e. The molecule has 0 N–H and O–H groups in total. The van der Waals surface area contributed by atoms with Crippen LogP contribution in [0.25, 0.3) is 0 Å². The number of hydrogen-bond acceptors (Lipinski definition) is 4. The highest BCUT2D eigenvalue weighted by atomic mass is 16.5. The summed E-state index contributed by atoms with van der Waals surface area (Å²) in [6.07, 6.45) is 2.44. The lowest BCUT2D eigenvalue weighted by molar-refractivity contribution is -0.155. The van der Waals surface area contributed by atoms with E-state index in [1.165, 1.54) is 12.0 Å². The summed E-state index contributed by atoms with van der Waals surface area (Å²) in [6, 6.07) is 0. The van der Waals surface area contributed by atoms with E-state index in [1.807, 2.05) is 6.92 Å². The van der Waals surface area contributed by atoms with E-state index in [1.54, 1.807) is 17.9 Å². The van der Waals surface area contributed by atoms with E-state index in [9.17, 15) is 14.4 Å². The quantitative estimate of drug-likeness (QED) is 0.405. The van der Waals surface area contributed by atoms with Gasteiger partial charge >= 0.3 is 17.8 Å². The fraction of sp³-hybridized carbons (Fsp3) is 0.615. The molecule has 1 fully saturated rings. The normalized spacial score (nSPS) is 16.9. The standard InChI is InChI=1S/C13H20N2O4/c1-4-6-14-8-9-15(12(17)11(14)16)7-5-10(2)13(18)19-3/h5H,4,6-9H2,1-3H3/b10-5-. The van der Waals surface area contributed by atoms with Crippen LogP contribution in [0.4, 0.5) is 0 Å². The SMILES string of the molecule is CCCN1CCN(C/C=C(/C)C(=O)OC)C(=O)C1=O. The summed E-state index contributed by atoms with van der Waals surface area (Å²) in [5, 5.41) is 0. The highest BCUT2D eigenvalue weighted by Crippen LogP contribution is 2.07. The van der Waals surface area contributed by atoms with Crippen molar-refractivity contribution in [1.29, 1.82) is 0 Å². The van der Waals surface area contributed by atoms with Crippen LogP contribution in [0.15, 0.2) is 11.6 Å². The minimum absolute atomic E-state index is 0.255. The summed E-state index contributed by atoms with van der Waals surface area (Å²) >= 11 is 0. The van der Waals surface area contributed by atoms with E-state index < -0.39 is 17.8 Å². The van der Waals surface area contributed by atoms with E-state index in [2.05, 4.69) is 4.74 Å². The molecule has 2 amide bonds. The molecule has 0 aromatic rings. The number of hydrogen-bond donors (Lipinski definition) is 0. The average molecular weight is 268 g/mol. The van der Waals surface area contributed by atoms with Crippen molar-refractivity contribution in [3.8, 4) is 0 Å². The van der Waals surface area contributed by atoms with Crippen molar-refractivity contribution < 1.29 is 19.1 Å². The van der Waals surface area contributed by atoms with Crippen molar-refractivity contribution in [2.45, 2.75) is 20.3 Å². The predicted molar refractivity (Wildman–Crippen MR) is 69.2 cm³/mol. The second kappa shape index (κ2) is 6.92. The van der Waals surface area contributed by atoms with Gasteiger partial charge in [-0.15, -0.1) is 0 Å². The minimum Gasteiger partial charge on any atom is -0.466 e. The first kappa shape index (κ1) is 15.2. The molecule has 1 aliphatic rings. The van der Waals surface area contributed by atoms with Crippen molar-refractivity contribution >= 4 is 17.8 Å². The molecule has 1 saturated heterocycles. The first-order valence-corrected chi connectivity index (χ1v) is 6.34. The van der Waals surface area contributed by atoms with Gasteiger partial charge in [0.2, 0.25) is 0 Å². The van der Waals surface area contributed by atoms with Crippen molar-refractivity contribution in [2.75, 3.05) is 33.3 Å². The molecule has 1 aliphatic heterocycles. The van der Waals surface area contributed by atoms with E-state index in [0.717, 1.165) is 6.42 Å². The first-order chi connectivity index (χ1) is 9.01. The van der Waals surface area contributed by atoms with Crippen LogP contribution in [0.5, 0.6) is 0 Å². The zero-order valence-corrected chi connectivity index (χ0v) is 11.6. The minimum atomic E-state index is -0.506. The maximum atomic E-state index is 11.9. The number of carbonyl (C=O) groups is 3. The largest absolute Gasteiger partial charge is 0.466 e. The molecular formula is C13H20N2O4. The lowest BCUT2D eigenvalue weighted by atomic mass is 10.2. The summed E-state index contributed by atoms with van der Waals surface area (Å²) in [5.74, 6) is -1.39. The van der Waals surface area contributed by atoms with E-state index in [-0.39, 0.29) is 6.54 Å². The zero-order chi connectivity index (χ0) is 14.4. The summed E-state index contributed by atoms with van der Waals surface area (Å²) in [7, 11) is 1.30. The molecule has 0 radical (unpaired) electrons. The predicted octanol–water partition coefficient (Wildman–Crippen LogP) is 0.187. The molecule has 0 unspecified atom stereocenters. The molecule has 0 aromatic carbocycles. The molecule has 0 spiro atoms. The van der Waals surface area contributed by atoms with Gasteiger partial charge in [-0.25, -0.2) is 4.79 Å². The van der Waals surface area contributed by atoms with Crippen LogP contribution < -0.4 is 0 Å². The van der Waals surface area contributed by atoms with Gasteiger partial charge in [0.05, 0.1) is 7.11 Å². The van der Waals surface area contributed by atoms with Gasteiger partial charge in [0.25, 0.3) is 0 Å². The van der Waals surface area contributed by atoms with Crippen LogP contribution in [-0.2, 0) is 19.1 Å². The molecule has 1 heterocycles. The second-order valence-electron chi connectivity index (χ2n) is 4.42. The number of amides is 2.